The summed E-state index contributed by atoms with van der Waals surface area (Å²) in [6.07, 6.45) is 82.7. The monoisotopic (exact) mass is 1060 g/mol. The highest BCUT2D eigenvalue weighted by Gasteiger charge is 2.19. The summed E-state index contributed by atoms with van der Waals surface area (Å²) in [5.41, 5.74) is 0. The molecule has 6 nitrogen and oxygen atoms in total. The number of hydrogen-bond acceptors (Lipinski definition) is 6. The highest BCUT2D eigenvalue weighted by Crippen LogP contribution is 2.18. The average Bonchev–Trinajstić information content (AvgIpc) is 3.42. The molecule has 0 heterocycles. The molecule has 0 rings (SSSR count). The van der Waals surface area contributed by atoms with Gasteiger partial charge in [-0.3, -0.25) is 14.4 Å². The molecule has 442 valence electrons. The van der Waals surface area contributed by atoms with E-state index in [4.69, 9.17) is 14.2 Å². The Morgan fingerprint density at radius 2 is 0.513 bits per heavy atom. The minimum atomic E-state index is -0.812. The summed E-state index contributed by atoms with van der Waals surface area (Å²) in [6, 6.07) is 0. The molecule has 0 radical (unpaired) electrons. The first kappa shape index (κ1) is 73.1. The minimum absolute atomic E-state index is 0.0991. The van der Waals surface area contributed by atoms with Gasteiger partial charge in [0.15, 0.2) is 6.10 Å². The summed E-state index contributed by atoms with van der Waals surface area (Å²) in [5, 5.41) is 0. The van der Waals surface area contributed by atoms with Gasteiger partial charge in [-0.1, -0.05) is 345 Å². The van der Waals surface area contributed by atoms with Crippen LogP contribution in [0.2, 0.25) is 0 Å². The fourth-order valence-electron chi connectivity index (χ4n) is 9.87. The quantitative estimate of drug-likeness (QED) is 0.0261. The van der Waals surface area contributed by atoms with Crippen LogP contribution in [0, 0.1) is 0 Å². The van der Waals surface area contributed by atoms with Crippen LogP contribution in [-0.2, 0) is 28.6 Å². The number of allylic oxidation sites excluding steroid dienone is 9. The lowest BCUT2D eigenvalue weighted by Gasteiger charge is -2.18. The van der Waals surface area contributed by atoms with E-state index < -0.39 is 12.1 Å². The molecule has 0 saturated heterocycles. The zero-order valence-electron chi connectivity index (χ0n) is 50.8. The Hall–Kier alpha value is -2.89. The third-order valence-electron chi connectivity index (χ3n) is 14.8. The molecule has 0 spiro atoms. The van der Waals surface area contributed by atoms with Crippen molar-refractivity contribution in [1.82, 2.24) is 0 Å². The van der Waals surface area contributed by atoms with E-state index in [9.17, 15) is 14.4 Å². The van der Waals surface area contributed by atoms with Crippen molar-refractivity contribution in [3.63, 3.8) is 0 Å². The van der Waals surface area contributed by atoms with Gasteiger partial charge in [0.25, 0.3) is 0 Å². The van der Waals surface area contributed by atoms with Crippen LogP contribution in [0.4, 0.5) is 0 Å². The highest BCUT2D eigenvalue weighted by atomic mass is 16.6. The maximum absolute atomic E-state index is 12.9. The van der Waals surface area contributed by atoms with E-state index in [0.29, 0.717) is 12.8 Å². The molecule has 0 aliphatic heterocycles. The Balaban J connectivity index is 4.35. The Bertz CT molecular complexity index is 1360. The van der Waals surface area contributed by atoms with Gasteiger partial charge in [0, 0.05) is 12.8 Å². The van der Waals surface area contributed by atoms with Crippen LogP contribution in [0.3, 0.4) is 0 Å². The van der Waals surface area contributed by atoms with Gasteiger partial charge in [-0.2, -0.15) is 0 Å². The van der Waals surface area contributed by atoms with Crippen LogP contribution in [0.25, 0.3) is 0 Å². The molecular formula is C70H126O6. The predicted octanol–water partition coefficient (Wildman–Crippen LogP) is 22.7. The largest absolute Gasteiger partial charge is 0.462 e. The Morgan fingerprint density at radius 3 is 0.803 bits per heavy atom. The van der Waals surface area contributed by atoms with Gasteiger partial charge in [0.1, 0.15) is 13.2 Å². The molecule has 0 aliphatic carbocycles. The Kier molecular flexibility index (Phi) is 62.2. The normalized spacial score (nSPS) is 12.4. The number of esters is 3. The van der Waals surface area contributed by atoms with Gasteiger partial charge in [-0.05, 0) is 44.9 Å². The minimum Gasteiger partial charge on any atom is -0.462 e. The van der Waals surface area contributed by atoms with Gasteiger partial charge >= 0.3 is 17.9 Å². The molecule has 6 heteroatoms. The maximum Gasteiger partial charge on any atom is 0.309 e. The van der Waals surface area contributed by atoms with Gasteiger partial charge in [0.2, 0.25) is 0 Å². The predicted molar refractivity (Wildman–Crippen MR) is 330 cm³/mol. The highest BCUT2D eigenvalue weighted by molar-refractivity contribution is 5.72. The van der Waals surface area contributed by atoms with Gasteiger partial charge in [0.05, 0.1) is 6.42 Å². The lowest BCUT2D eigenvalue weighted by Crippen LogP contribution is -2.30. The van der Waals surface area contributed by atoms with Crippen molar-refractivity contribution in [2.45, 2.75) is 354 Å². The van der Waals surface area contributed by atoms with Crippen LogP contribution >= 0.6 is 0 Å². The van der Waals surface area contributed by atoms with Crippen molar-refractivity contribution < 1.29 is 28.6 Å². The second kappa shape index (κ2) is 64.6. The van der Waals surface area contributed by atoms with Gasteiger partial charge in [-0.25, -0.2) is 0 Å². The second-order valence-electron chi connectivity index (χ2n) is 22.4. The molecule has 0 aromatic carbocycles. The van der Waals surface area contributed by atoms with Gasteiger partial charge < -0.3 is 14.2 Å². The maximum atomic E-state index is 12.9. The molecule has 0 bridgehead atoms. The smallest absolute Gasteiger partial charge is 0.309 e. The van der Waals surface area contributed by atoms with Crippen LogP contribution in [-0.4, -0.2) is 37.2 Å². The number of ether oxygens (including phenoxy) is 3. The first-order chi connectivity index (χ1) is 37.5. The van der Waals surface area contributed by atoms with Crippen molar-refractivity contribution in [2.24, 2.45) is 0 Å². The van der Waals surface area contributed by atoms with E-state index in [0.717, 1.165) is 70.6 Å². The lowest BCUT2D eigenvalue weighted by atomic mass is 10.0. The van der Waals surface area contributed by atoms with Crippen molar-refractivity contribution in [3.8, 4) is 0 Å². The van der Waals surface area contributed by atoms with Crippen LogP contribution in [0.1, 0.15) is 348 Å². The van der Waals surface area contributed by atoms with Crippen molar-refractivity contribution in [3.05, 3.63) is 60.8 Å². The summed E-state index contributed by atoms with van der Waals surface area (Å²) >= 11 is 0. The molecule has 76 heavy (non-hydrogen) atoms. The molecule has 0 aliphatic rings. The first-order valence-electron chi connectivity index (χ1n) is 33.3. The van der Waals surface area contributed by atoms with Crippen molar-refractivity contribution in [1.29, 1.82) is 0 Å². The van der Waals surface area contributed by atoms with Crippen LogP contribution in [0.15, 0.2) is 60.8 Å². The van der Waals surface area contributed by atoms with Gasteiger partial charge in [-0.15, -0.1) is 0 Å². The summed E-state index contributed by atoms with van der Waals surface area (Å²) in [7, 11) is 0. The summed E-state index contributed by atoms with van der Waals surface area (Å²) in [5.74, 6) is -1.01. The van der Waals surface area contributed by atoms with E-state index in [-0.39, 0.29) is 31.6 Å². The van der Waals surface area contributed by atoms with E-state index in [1.165, 1.54) is 238 Å². The third-order valence-corrected chi connectivity index (χ3v) is 14.8. The van der Waals surface area contributed by atoms with E-state index in [1.54, 1.807) is 0 Å². The lowest BCUT2D eigenvalue weighted by molar-refractivity contribution is -0.166. The fraction of sp³-hybridized carbons (Fsp3) is 0.814. The van der Waals surface area contributed by atoms with Crippen molar-refractivity contribution >= 4 is 17.9 Å². The zero-order valence-corrected chi connectivity index (χ0v) is 50.8. The average molecular weight is 1060 g/mol. The molecule has 0 saturated carbocycles. The molecule has 1 atom stereocenters. The third kappa shape index (κ3) is 62.0. The summed E-state index contributed by atoms with van der Waals surface area (Å²) < 4.78 is 16.9. The number of unbranched alkanes of at least 4 members (excludes halogenated alkanes) is 41. The SMILES string of the molecule is CC/C=C\C/C=C\C/C=C\C/C=C\C/C=C\CC(=O)OCC(COC(=O)CCCCCCCCCCCCCCCCCCCCCCCCC)OC(=O)CCCCCCCCCCCCCCCCCCCCCC. The number of carbonyl (C=O) groups excluding carboxylic acids is 3. The standard InChI is InChI=1S/C70H126O6/c1-4-7-10-13-16-19-22-25-28-30-32-34-35-36-38-39-42-45-48-51-54-57-60-63-69(72)75-66-67(65-74-68(71)62-59-56-53-50-47-44-41-27-24-21-18-15-12-9-6-3)76-70(73)64-61-58-55-52-49-46-43-40-37-33-31-29-26-23-20-17-14-11-8-5-2/h9,12,18,21,27,41,47,50,56,59,67H,4-8,10-11,13-17,19-20,22-26,28-40,42-46,48-49,51-55,57-58,60-66H2,1-3H3/b12-9-,21-18-,41-27-,50-47-,59-56-. The molecule has 0 fully saturated rings. The Morgan fingerprint density at radius 1 is 0.276 bits per heavy atom. The number of rotatable bonds is 61. The van der Waals surface area contributed by atoms with Crippen LogP contribution in [0.5, 0.6) is 0 Å². The molecular weight excluding hydrogens is 937 g/mol. The summed E-state index contributed by atoms with van der Waals surface area (Å²) in [6.45, 7) is 6.50. The second-order valence-corrected chi connectivity index (χ2v) is 22.4. The molecule has 0 aromatic heterocycles. The number of carbonyl (C=O) groups is 3. The fourth-order valence-corrected chi connectivity index (χ4v) is 9.87. The van der Waals surface area contributed by atoms with Crippen molar-refractivity contribution in [2.75, 3.05) is 13.2 Å². The van der Waals surface area contributed by atoms with E-state index in [2.05, 4.69) is 69.4 Å². The molecule has 0 N–H and O–H groups in total. The molecule has 0 aromatic rings. The van der Waals surface area contributed by atoms with Crippen LogP contribution < -0.4 is 0 Å². The Labute approximate surface area is 472 Å². The topological polar surface area (TPSA) is 78.9 Å². The molecule has 1 unspecified atom stereocenters. The van der Waals surface area contributed by atoms with E-state index >= 15 is 0 Å². The first-order valence-corrected chi connectivity index (χ1v) is 33.3. The molecule has 0 amide bonds. The summed E-state index contributed by atoms with van der Waals surface area (Å²) in [4.78, 5) is 38.3. The van der Waals surface area contributed by atoms with E-state index in [1.807, 2.05) is 12.2 Å². The number of hydrogen-bond donors (Lipinski definition) is 0. The zero-order chi connectivity index (χ0) is 55.0.